The lowest BCUT2D eigenvalue weighted by Gasteiger charge is -2.07. The van der Waals surface area contributed by atoms with Crippen LogP contribution in [-0.2, 0) is 6.54 Å². The molecule has 0 saturated heterocycles. The topological polar surface area (TPSA) is 90.1 Å². The van der Waals surface area contributed by atoms with Gasteiger partial charge in [-0.05, 0) is 18.6 Å². The smallest absolute Gasteiger partial charge is 0.347 e. The largest absolute Gasteiger partial charge is 0.385 e. The Balaban J connectivity index is 1.89. The lowest BCUT2D eigenvalue weighted by molar-refractivity contribution is -0.385. The number of anilines is 1. The van der Waals surface area contributed by atoms with Crippen molar-refractivity contribution in [2.24, 2.45) is 0 Å². The van der Waals surface area contributed by atoms with Crippen LogP contribution >= 0.6 is 0 Å². The number of aryl methyl sites for hydroxylation is 1. The third-order valence-electron chi connectivity index (χ3n) is 2.73. The van der Waals surface area contributed by atoms with Crippen LogP contribution in [0.5, 0.6) is 0 Å². The molecule has 0 bridgehead atoms. The predicted molar refractivity (Wildman–Crippen MR) is 74.7 cm³/mol. The van der Waals surface area contributed by atoms with Gasteiger partial charge >= 0.3 is 11.4 Å². The summed E-state index contributed by atoms with van der Waals surface area (Å²) in [7, 11) is 0. The van der Waals surface area contributed by atoms with Crippen molar-refractivity contribution in [1.29, 1.82) is 0 Å². The fourth-order valence-corrected chi connectivity index (χ4v) is 1.74. The van der Waals surface area contributed by atoms with Gasteiger partial charge in [-0.15, -0.1) is 0 Å². The van der Waals surface area contributed by atoms with E-state index < -0.39 is 10.6 Å². The maximum Gasteiger partial charge on any atom is 0.347 e. The van der Waals surface area contributed by atoms with E-state index in [9.17, 15) is 14.9 Å². The van der Waals surface area contributed by atoms with Gasteiger partial charge in [-0.3, -0.25) is 14.7 Å². The van der Waals surface area contributed by atoms with Gasteiger partial charge in [-0.1, -0.05) is 18.2 Å². The van der Waals surface area contributed by atoms with Gasteiger partial charge in [0.05, 0.1) is 11.1 Å². The molecular formula is C13H14N4O3. The van der Waals surface area contributed by atoms with Gasteiger partial charge in [0.1, 0.15) is 6.20 Å². The molecule has 2 aromatic rings. The number of nitrogens with one attached hydrogen (secondary N) is 1. The number of nitrogens with zero attached hydrogens (tertiary/aromatic N) is 3. The van der Waals surface area contributed by atoms with Crippen LogP contribution in [0.1, 0.15) is 6.42 Å². The summed E-state index contributed by atoms with van der Waals surface area (Å²) in [5, 5.41) is 13.8. The molecule has 0 radical (unpaired) electrons. The summed E-state index contributed by atoms with van der Waals surface area (Å²) in [4.78, 5) is 25.0. The molecule has 20 heavy (non-hydrogen) atoms. The predicted octanol–water partition coefficient (Wildman–Crippen LogP) is 1.65. The highest BCUT2D eigenvalue weighted by atomic mass is 16.6. The molecular weight excluding hydrogens is 260 g/mol. The summed E-state index contributed by atoms with van der Waals surface area (Å²) in [6.45, 7) is 1.05. The standard InChI is InChI=1S/C13H14N4O3/c18-13-15-9-12(17(19)20)10-16(13)8-4-7-14-11-5-2-1-3-6-11/h1-3,5-6,9-10,14H,4,7-8H2. The van der Waals surface area contributed by atoms with Crippen molar-refractivity contribution >= 4 is 11.4 Å². The van der Waals surface area contributed by atoms with Gasteiger partial charge in [0, 0.05) is 18.8 Å². The van der Waals surface area contributed by atoms with Crippen molar-refractivity contribution in [1.82, 2.24) is 9.55 Å². The second-order valence-electron chi connectivity index (χ2n) is 4.19. The minimum absolute atomic E-state index is 0.180. The fraction of sp³-hybridized carbons (Fsp3) is 0.231. The molecule has 7 nitrogen and oxygen atoms in total. The quantitative estimate of drug-likeness (QED) is 0.491. The first-order chi connectivity index (χ1) is 9.66. The number of benzene rings is 1. The second kappa shape index (κ2) is 6.46. The summed E-state index contributed by atoms with van der Waals surface area (Å²) >= 11 is 0. The van der Waals surface area contributed by atoms with Gasteiger partial charge in [-0.2, -0.15) is 4.98 Å². The summed E-state index contributed by atoms with van der Waals surface area (Å²) < 4.78 is 1.25. The molecule has 1 aromatic carbocycles. The van der Waals surface area contributed by atoms with E-state index in [1.54, 1.807) is 0 Å². The van der Waals surface area contributed by atoms with Gasteiger partial charge < -0.3 is 5.32 Å². The molecule has 2 rings (SSSR count). The van der Waals surface area contributed by atoms with E-state index in [0.717, 1.165) is 11.9 Å². The zero-order valence-corrected chi connectivity index (χ0v) is 10.7. The first kappa shape index (κ1) is 13.7. The number of aromatic nitrogens is 2. The lowest BCUT2D eigenvalue weighted by atomic mass is 10.3. The molecule has 0 aliphatic heterocycles. The van der Waals surface area contributed by atoms with Crippen LogP contribution < -0.4 is 11.0 Å². The summed E-state index contributed by atoms with van der Waals surface area (Å²) in [5.74, 6) is 0. The Bertz CT molecular complexity index is 640. The third-order valence-corrected chi connectivity index (χ3v) is 2.73. The minimum Gasteiger partial charge on any atom is -0.385 e. The van der Waals surface area contributed by atoms with Gasteiger partial charge in [0.25, 0.3) is 0 Å². The number of hydrogen-bond donors (Lipinski definition) is 1. The second-order valence-corrected chi connectivity index (χ2v) is 4.19. The highest BCUT2D eigenvalue weighted by molar-refractivity contribution is 5.42. The Morgan fingerprint density at radius 1 is 1.30 bits per heavy atom. The number of para-hydroxylation sites is 1. The number of hydrogen-bond acceptors (Lipinski definition) is 5. The molecule has 0 amide bonds. The van der Waals surface area contributed by atoms with E-state index in [1.807, 2.05) is 30.3 Å². The van der Waals surface area contributed by atoms with Gasteiger partial charge in [0.15, 0.2) is 0 Å². The Labute approximate surface area is 115 Å². The molecule has 0 aliphatic carbocycles. The average Bonchev–Trinajstić information content (AvgIpc) is 2.46. The van der Waals surface area contributed by atoms with Crippen molar-refractivity contribution in [3.63, 3.8) is 0 Å². The molecule has 1 N–H and O–H groups in total. The molecule has 0 fully saturated rings. The monoisotopic (exact) mass is 274 g/mol. The zero-order chi connectivity index (χ0) is 14.4. The third kappa shape index (κ3) is 3.64. The van der Waals surface area contributed by atoms with Crippen LogP contribution in [0, 0.1) is 10.1 Å². The Morgan fingerprint density at radius 3 is 2.75 bits per heavy atom. The van der Waals surface area contributed by atoms with E-state index in [1.165, 1.54) is 10.8 Å². The van der Waals surface area contributed by atoms with E-state index in [-0.39, 0.29) is 5.69 Å². The minimum atomic E-state index is -0.564. The number of nitro groups is 1. The Morgan fingerprint density at radius 2 is 2.05 bits per heavy atom. The zero-order valence-electron chi connectivity index (χ0n) is 10.7. The normalized spacial score (nSPS) is 10.2. The van der Waals surface area contributed by atoms with Crippen molar-refractivity contribution in [2.75, 3.05) is 11.9 Å². The maximum atomic E-state index is 11.5. The van der Waals surface area contributed by atoms with Crippen molar-refractivity contribution in [3.05, 3.63) is 63.3 Å². The average molecular weight is 274 g/mol. The molecule has 1 heterocycles. The number of rotatable bonds is 6. The summed E-state index contributed by atoms with van der Waals surface area (Å²) in [6, 6.07) is 9.68. The van der Waals surface area contributed by atoms with Crippen LogP contribution in [0.15, 0.2) is 47.5 Å². The first-order valence-electron chi connectivity index (χ1n) is 6.16. The summed E-state index contributed by atoms with van der Waals surface area (Å²) in [6.07, 6.45) is 2.86. The van der Waals surface area contributed by atoms with Gasteiger partial charge in [-0.25, -0.2) is 4.79 Å². The molecule has 1 aromatic heterocycles. The molecule has 0 atom stereocenters. The van der Waals surface area contributed by atoms with Crippen LogP contribution in [0.2, 0.25) is 0 Å². The van der Waals surface area contributed by atoms with Crippen LogP contribution in [0.4, 0.5) is 11.4 Å². The summed E-state index contributed by atoms with van der Waals surface area (Å²) in [5.41, 5.74) is 0.341. The van der Waals surface area contributed by atoms with Crippen LogP contribution in [0.25, 0.3) is 0 Å². The van der Waals surface area contributed by atoms with E-state index in [2.05, 4.69) is 10.3 Å². The van der Waals surface area contributed by atoms with Crippen molar-refractivity contribution in [2.45, 2.75) is 13.0 Å². The molecule has 0 aliphatic rings. The molecule has 7 heteroatoms. The highest BCUT2D eigenvalue weighted by Crippen LogP contribution is 2.06. The molecule has 0 saturated carbocycles. The highest BCUT2D eigenvalue weighted by Gasteiger charge is 2.08. The maximum absolute atomic E-state index is 11.5. The fourth-order valence-electron chi connectivity index (χ4n) is 1.74. The SMILES string of the molecule is O=c1ncc([N+](=O)[O-])cn1CCCNc1ccccc1. The molecule has 104 valence electrons. The van der Waals surface area contributed by atoms with E-state index in [0.29, 0.717) is 19.5 Å². The molecule has 0 unspecified atom stereocenters. The van der Waals surface area contributed by atoms with Crippen LogP contribution in [0.3, 0.4) is 0 Å². The first-order valence-corrected chi connectivity index (χ1v) is 6.16. The van der Waals surface area contributed by atoms with E-state index >= 15 is 0 Å². The molecule has 0 spiro atoms. The van der Waals surface area contributed by atoms with Gasteiger partial charge in [0.2, 0.25) is 0 Å². The van der Waals surface area contributed by atoms with Crippen molar-refractivity contribution in [3.8, 4) is 0 Å². The Hall–Kier alpha value is -2.70. The Kier molecular flexibility index (Phi) is 4.43. The lowest BCUT2D eigenvalue weighted by Crippen LogP contribution is -2.23. The van der Waals surface area contributed by atoms with Crippen molar-refractivity contribution < 1.29 is 4.92 Å². The van der Waals surface area contributed by atoms with E-state index in [4.69, 9.17) is 0 Å². The van der Waals surface area contributed by atoms with Crippen LogP contribution in [-0.4, -0.2) is 21.0 Å².